The fourth-order valence-corrected chi connectivity index (χ4v) is 3.49. The predicted molar refractivity (Wildman–Crippen MR) is 108 cm³/mol. The summed E-state index contributed by atoms with van der Waals surface area (Å²) in [5, 5.41) is 29.7. The Kier molecular flexibility index (Phi) is 4.48. The van der Waals surface area contributed by atoms with Crippen molar-refractivity contribution in [2.75, 3.05) is 16.3 Å². The highest BCUT2D eigenvalue weighted by Crippen LogP contribution is 2.40. The molecule has 6 nitrogen and oxygen atoms in total. The van der Waals surface area contributed by atoms with Gasteiger partial charge in [0.05, 0.1) is 29.8 Å². The number of rotatable bonds is 3. The van der Waals surface area contributed by atoms with Crippen LogP contribution in [0.4, 0.5) is 16.2 Å². The van der Waals surface area contributed by atoms with E-state index in [4.69, 9.17) is 10.5 Å². The molecule has 0 aliphatic carbocycles. The zero-order valence-corrected chi connectivity index (χ0v) is 15.4. The number of carbonyl (C=O) groups excluding carboxylic acids is 1. The Balaban J connectivity index is 1.81. The van der Waals surface area contributed by atoms with Crippen molar-refractivity contribution in [3.8, 4) is 12.1 Å². The molecule has 1 aliphatic rings. The van der Waals surface area contributed by atoms with Crippen LogP contribution in [0.15, 0.2) is 78.9 Å². The van der Waals surface area contributed by atoms with E-state index in [1.165, 1.54) is 9.80 Å². The Bertz CT molecular complexity index is 1130. The fraction of sp³-hybridized carbons (Fsp3) is 0.0870. The first kappa shape index (κ1) is 18.2. The monoisotopic (exact) mass is 380 g/mol. The maximum atomic E-state index is 13.4. The average molecular weight is 380 g/mol. The van der Waals surface area contributed by atoms with Gasteiger partial charge in [-0.05, 0) is 48.5 Å². The van der Waals surface area contributed by atoms with E-state index < -0.39 is 11.8 Å². The van der Waals surface area contributed by atoms with Crippen LogP contribution in [0.25, 0.3) is 0 Å². The number of nitrogens with zero attached hydrogens (tertiary/aromatic N) is 4. The summed E-state index contributed by atoms with van der Waals surface area (Å²) < 4.78 is 0. The highest BCUT2D eigenvalue weighted by molar-refractivity contribution is 6.07. The van der Waals surface area contributed by atoms with Crippen LogP contribution < -0.4 is 9.80 Å². The Morgan fingerprint density at radius 3 is 1.83 bits per heavy atom. The predicted octanol–water partition coefficient (Wildman–Crippen LogP) is 3.72. The Morgan fingerprint density at radius 2 is 1.31 bits per heavy atom. The number of benzene rings is 3. The van der Waals surface area contributed by atoms with Gasteiger partial charge in [-0.15, -0.1) is 0 Å². The SMILES string of the molecule is N#Cc1ccc(N2CC(O)(c3ccccc3)N(c3ccc(C#N)cc3)C2=O)cc1. The molecule has 0 radical (unpaired) electrons. The van der Waals surface area contributed by atoms with Gasteiger partial charge in [0.25, 0.3) is 0 Å². The first-order valence-corrected chi connectivity index (χ1v) is 8.97. The van der Waals surface area contributed by atoms with E-state index in [2.05, 4.69) is 12.1 Å². The van der Waals surface area contributed by atoms with E-state index in [0.717, 1.165) is 0 Å². The van der Waals surface area contributed by atoms with Gasteiger partial charge in [-0.3, -0.25) is 9.80 Å². The molecule has 0 spiro atoms. The molecule has 1 fully saturated rings. The van der Waals surface area contributed by atoms with Crippen molar-refractivity contribution in [2.45, 2.75) is 5.72 Å². The molecule has 6 heteroatoms. The molecule has 3 aromatic carbocycles. The fourth-order valence-electron chi connectivity index (χ4n) is 3.49. The lowest BCUT2D eigenvalue weighted by atomic mass is 10.0. The summed E-state index contributed by atoms with van der Waals surface area (Å²) in [4.78, 5) is 16.2. The summed E-state index contributed by atoms with van der Waals surface area (Å²) in [7, 11) is 0. The van der Waals surface area contributed by atoms with Gasteiger partial charge >= 0.3 is 6.03 Å². The number of β-amino-alcohol motifs (C(OH)–C–C–N with tert-alkyl or cyclic N) is 1. The molecule has 3 aromatic rings. The van der Waals surface area contributed by atoms with Gasteiger partial charge in [0.2, 0.25) is 0 Å². The summed E-state index contributed by atoms with van der Waals surface area (Å²) in [6.45, 7) is 0.0156. The summed E-state index contributed by atoms with van der Waals surface area (Å²) in [6, 6.07) is 25.8. The largest absolute Gasteiger partial charge is 0.365 e. The summed E-state index contributed by atoms with van der Waals surface area (Å²) in [5.74, 6) is 0. The number of nitriles is 2. The standard InChI is InChI=1S/C23H16N4O2/c24-14-17-6-10-20(11-7-17)26-16-23(29,19-4-2-1-3-5-19)27(22(26)28)21-12-8-18(15-25)9-13-21/h1-13,29H,16H2. The molecule has 1 heterocycles. The molecule has 1 atom stereocenters. The van der Waals surface area contributed by atoms with E-state index in [1.54, 1.807) is 72.8 Å². The van der Waals surface area contributed by atoms with Crippen LogP contribution in [0.3, 0.4) is 0 Å². The van der Waals surface area contributed by atoms with Crippen molar-refractivity contribution in [1.29, 1.82) is 10.5 Å². The lowest BCUT2D eigenvalue weighted by Crippen LogP contribution is -2.44. The van der Waals surface area contributed by atoms with Gasteiger partial charge in [-0.25, -0.2) is 4.79 Å². The third-order valence-corrected chi connectivity index (χ3v) is 4.97. The van der Waals surface area contributed by atoms with Crippen molar-refractivity contribution in [1.82, 2.24) is 0 Å². The second-order valence-electron chi connectivity index (χ2n) is 6.70. The van der Waals surface area contributed by atoms with Gasteiger partial charge in [0.1, 0.15) is 0 Å². The third-order valence-electron chi connectivity index (χ3n) is 4.97. The van der Waals surface area contributed by atoms with Gasteiger partial charge in [-0.1, -0.05) is 30.3 Å². The number of hydrogen-bond acceptors (Lipinski definition) is 4. The number of carbonyl (C=O) groups is 1. The number of amides is 2. The van der Waals surface area contributed by atoms with Crippen LogP contribution in [0.5, 0.6) is 0 Å². The van der Waals surface area contributed by atoms with Crippen LogP contribution in [0, 0.1) is 22.7 Å². The highest BCUT2D eigenvalue weighted by Gasteiger charge is 2.51. The van der Waals surface area contributed by atoms with Crippen molar-refractivity contribution in [3.63, 3.8) is 0 Å². The van der Waals surface area contributed by atoms with Gasteiger partial charge in [-0.2, -0.15) is 10.5 Å². The van der Waals surface area contributed by atoms with E-state index in [1.807, 2.05) is 6.07 Å². The van der Waals surface area contributed by atoms with Crippen LogP contribution in [-0.2, 0) is 5.72 Å². The molecule has 140 valence electrons. The second-order valence-corrected chi connectivity index (χ2v) is 6.70. The molecule has 0 aromatic heterocycles. The van der Waals surface area contributed by atoms with Crippen molar-refractivity contribution >= 4 is 17.4 Å². The summed E-state index contributed by atoms with van der Waals surface area (Å²) >= 11 is 0. The van der Waals surface area contributed by atoms with Gasteiger partial charge in [0, 0.05) is 16.9 Å². The van der Waals surface area contributed by atoms with Crippen molar-refractivity contribution in [2.24, 2.45) is 0 Å². The van der Waals surface area contributed by atoms with Crippen LogP contribution in [0.1, 0.15) is 16.7 Å². The van der Waals surface area contributed by atoms with Crippen LogP contribution >= 0.6 is 0 Å². The van der Waals surface area contributed by atoms with Crippen molar-refractivity contribution < 1.29 is 9.90 Å². The molecule has 1 saturated heterocycles. The summed E-state index contributed by atoms with van der Waals surface area (Å²) in [6.07, 6.45) is 0. The number of aliphatic hydroxyl groups is 1. The number of urea groups is 1. The maximum absolute atomic E-state index is 13.4. The Hall–Kier alpha value is -4.13. The lowest BCUT2D eigenvalue weighted by molar-refractivity contribution is 0.0655. The van der Waals surface area contributed by atoms with Crippen LogP contribution in [-0.4, -0.2) is 17.7 Å². The first-order valence-electron chi connectivity index (χ1n) is 8.97. The molecule has 1 aliphatic heterocycles. The second kappa shape index (κ2) is 7.12. The molecular weight excluding hydrogens is 364 g/mol. The molecular formula is C23H16N4O2. The highest BCUT2D eigenvalue weighted by atomic mass is 16.3. The minimum absolute atomic E-state index is 0.0156. The normalized spacial score (nSPS) is 18.4. The molecule has 29 heavy (non-hydrogen) atoms. The number of hydrogen-bond donors (Lipinski definition) is 1. The average Bonchev–Trinajstić information content (AvgIpc) is 3.06. The number of anilines is 2. The smallest absolute Gasteiger partial charge is 0.331 e. The Labute approximate surface area is 168 Å². The molecule has 4 rings (SSSR count). The topological polar surface area (TPSA) is 91.4 Å². The lowest BCUT2D eigenvalue weighted by Gasteiger charge is -2.32. The minimum Gasteiger partial charge on any atom is -0.365 e. The molecule has 2 amide bonds. The minimum atomic E-state index is -1.60. The van der Waals surface area contributed by atoms with E-state index in [9.17, 15) is 9.90 Å². The Morgan fingerprint density at radius 1 is 0.793 bits per heavy atom. The van der Waals surface area contributed by atoms with Gasteiger partial charge in [0.15, 0.2) is 5.72 Å². The van der Waals surface area contributed by atoms with E-state index >= 15 is 0 Å². The molecule has 1 N–H and O–H groups in total. The molecule has 0 saturated carbocycles. The zero-order chi connectivity index (χ0) is 20.4. The van der Waals surface area contributed by atoms with Crippen molar-refractivity contribution in [3.05, 3.63) is 95.6 Å². The first-order chi connectivity index (χ1) is 14.1. The molecule has 1 unspecified atom stereocenters. The molecule has 0 bridgehead atoms. The maximum Gasteiger partial charge on any atom is 0.331 e. The van der Waals surface area contributed by atoms with Gasteiger partial charge < -0.3 is 5.11 Å². The van der Waals surface area contributed by atoms with E-state index in [-0.39, 0.29) is 6.54 Å². The quantitative estimate of drug-likeness (QED) is 0.750. The zero-order valence-electron chi connectivity index (χ0n) is 15.4. The third kappa shape index (κ3) is 3.08. The van der Waals surface area contributed by atoms with Crippen LogP contribution in [0.2, 0.25) is 0 Å². The van der Waals surface area contributed by atoms with E-state index in [0.29, 0.717) is 28.1 Å². The summed E-state index contributed by atoms with van der Waals surface area (Å²) in [5.41, 5.74) is 1.00.